The molecule has 35 heavy (non-hydrogen) atoms. The standard InChI is InChI=1S/C26H20ClN3O4S/c27-21-14-17(30(32)33)10-12-19(21)22-13-11-18(34-22)15-28-26-24(20-8-4-5-9-23(20)35-26)25(31)29-16-6-2-1-3-7-16/h1-3,6-7,10-15H,4-5,8-9H2,(H,29,31). The molecule has 2 aromatic heterocycles. The highest BCUT2D eigenvalue weighted by molar-refractivity contribution is 7.16. The number of nitro groups is 1. The van der Waals surface area contributed by atoms with Crippen LogP contribution in [0.25, 0.3) is 11.3 Å². The van der Waals surface area contributed by atoms with E-state index in [9.17, 15) is 14.9 Å². The lowest BCUT2D eigenvalue weighted by atomic mass is 9.95. The van der Waals surface area contributed by atoms with E-state index in [4.69, 9.17) is 16.0 Å². The zero-order chi connectivity index (χ0) is 24.4. The van der Waals surface area contributed by atoms with Crippen LogP contribution in [-0.4, -0.2) is 17.0 Å². The monoisotopic (exact) mass is 505 g/mol. The van der Waals surface area contributed by atoms with Gasteiger partial charge in [0.15, 0.2) is 0 Å². The van der Waals surface area contributed by atoms with Crippen LogP contribution in [-0.2, 0) is 12.8 Å². The molecule has 1 aliphatic rings. The molecule has 0 spiro atoms. The minimum Gasteiger partial charge on any atom is -0.455 e. The molecule has 1 amide bonds. The van der Waals surface area contributed by atoms with Crippen molar-refractivity contribution < 1.29 is 14.1 Å². The van der Waals surface area contributed by atoms with E-state index in [2.05, 4.69) is 10.3 Å². The first-order valence-electron chi connectivity index (χ1n) is 11.1. The highest BCUT2D eigenvalue weighted by Gasteiger charge is 2.25. The number of anilines is 1. The molecule has 0 saturated heterocycles. The molecule has 7 nitrogen and oxygen atoms in total. The van der Waals surface area contributed by atoms with Crippen LogP contribution in [0.4, 0.5) is 16.4 Å². The van der Waals surface area contributed by atoms with E-state index in [1.54, 1.807) is 35.8 Å². The Labute approximate surface area is 210 Å². The van der Waals surface area contributed by atoms with Gasteiger partial charge in [0.1, 0.15) is 16.5 Å². The predicted octanol–water partition coefficient (Wildman–Crippen LogP) is 7.45. The first-order valence-corrected chi connectivity index (χ1v) is 12.3. The molecule has 0 fully saturated rings. The maximum Gasteiger partial charge on any atom is 0.270 e. The summed E-state index contributed by atoms with van der Waals surface area (Å²) >= 11 is 7.77. The third-order valence-electron chi connectivity index (χ3n) is 5.78. The Morgan fingerprint density at radius 2 is 1.91 bits per heavy atom. The summed E-state index contributed by atoms with van der Waals surface area (Å²) in [6.45, 7) is 0. The van der Waals surface area contributed by atoms with Gasteiger partial charge in [-0.15, -0.1) is 11.3 Å². The van der Waals surface area contributed by atoms with Gasteiger partial charge in [0.25, 0.3) is 11.6 Å². The summed E-state index contributed by atoms with van der Waals surface area (Å²) in [5.41, 5.74) is 2.90. The number of hydrogen-bond acceptors (Lipinski definition) is 6. The maximum atomic E-state index is 13.2. The minimum atomic E-state index is -0.498. The van der Waals surface area contributed by atoms with Gasteiger partial charge in [-0.3, -0.25) is 14.9 Å². The van der Waals surface area contributed by atoms with Crippen molar-refractivity contribution in [2.45, 2.75) is 25.7 Å². The first kappa shape index (κ1) is 23.0. The van der Waals surface area contributed by atoms with Crippen molar-refractivity contribution in [3.63, 3.8) is 0 Å². The number of benzene rings is 2. The quantitative estimate of drug-likeness (QED) is 0.167. The molecule has 176 valence electrons. The lowest BCUT2D eigenvalue weighted by Crippen LogP contribution is -2.14. The number of aryl methyl sites for hydroxylation is 1. The normalized spacial score (nSPS) is 13.1. The highest BCUT2D eigenvalue weighted by Crippen LogP contribution is 2.40. The fourth-order valence-electron chi connectivity index (χ4n) is 4.10. The third kappa shape index (κ3) is 4.89. The number of para-hydroxylation sites is 1. The molecular weight excluding hydrogens is 486 g/mol. The second-order valence-electron chi connectivity index (χ2n) is 8.09. The van der Waals surface area contributed by atoms with Crippen molar-refractivity contribution >= 4 is 51.4 Å². The largest absolute Gasteiger partial charge is 0.455 e. The zero-order valence-electron chi connectivity index (χ0n) is 18.5. The Morgan fingerprint density at radius 1 is 1.11 bits per heavy atom. The number of aliphatic imine (C=N–C) groups is 1. The Bertz CT molecular complexity index is 1440. The summed E-state index contributed by atoms with van der Waals surface area (Å²) in [7, 11) is 0. The molecule has 0 radical (unpaired) electrons. The van der Waals surface area contributed by atoms with Crippen LogP contribution in [0.5, 0.6) is 0 Å². The average Bonchev–Trinajstić information content (AvgIpc) is 3.47. The second kappa shape index (κ2) is 9.85. The molecule has 2 aromatic carbocycles. The van der Waals surface area contributed by atoms with Gasteiger partial charge in [0.05, 0.1) is 21.7 Å². The van der Waals surface area contributed by atoms with Gasteiger partial charge >= 0.3 is 0 Å². The molecule has 9 heteroatoms. The lowest BCUT2D eigenvalue weighted by Gasteiger charge is -2.12. The topological polar surface area (TPSA) is 97.7 Å². The molecule has 0 aliphatic heterocycles. The van der Waals surface area contributed by atoms with Crippen molar-refractivity contribution in [3.05, 3.63) is 97.6 Å². The van der Waals surface area contributed by atoms with Gasteiger partial charge < -0.3 is 9.73 Å². The molecule has 0 bridgehead atoms. The lowest BCUT2D eigenvalue weighted by molar-refractivity contribution is -0.384. The van der Waals surface area contributed by atoms with Crippen LogP contribution < -0.4 is 5.32 Å². The van der Waals surface area contributed by atoms with E-state index in [1.807, 2.05) is 30.3 Å². The van der Waals surface area contributed by atoms with Crippen molar-refractivity contribution in [3.8, 4) is 11.3 Å². The van der Waals surface area contributed by atoms with Gasteiger partial charge in [-0.05, 0) is 61.6 Å². The Morgan fingerprint density at radius 3 is 2.69 bits per heavy atom. The number of hydrogen-bond donors (Lipinski definition) is 1. The van der Waals surface area contributed by atoms with E-state index in [0.29, 0.717) is 27.6 Å². The highest BCUT2D eigenvalue weighted by atomic mass is 35.5. The van der Waals surface area contributed by atoms with Crippen LogP contribution in [0.15, 0.2) is 70.1 Å². The van der Waals surface area contributed by atoms with Crippen molar-refractivity contribution in [2.24, 2.45) is 4.99 Å². The number of carbonyl (C=O) groups excluding carboxylic acids is 1. The molecular formula is C26H20ClN3O4S. The number of carbonyl (C=O) groups is 1. The van der Waals surface area contributed by atoms with Crippen LogP contribution in [0, 0.1) is 10.1 Å². The molecule has 5 rings (SSSR count). The van der Waals surface area contributed by atoms with Crippen molar-refractivity contribution in [2.75, 3.05) is 5.32 Å². The fraction of sp³-hybridized carbons (Fsp3) is 0.154. The van der Waals surface area contributed by atoms with Gasteiger partial charge in [0.2, 0.25) is 0 Å². The van der Waals surface area contributed by atoms with E-state index >= 15 is 0 Å². The van der Waals surface area contributed by atoms with Crippen molar-refractivity contribution in [1.29, 1.82) is 0 Å². The van der Waals surface area contributed by atoms with E-state index in [1.165, 1.54) is 17.0 Å². The van der Waals surface area contributed by atoms with Gasteiger partial charge in [0, 0.05) is 28.3 Å². The van der Waals surface area contributed by atoms with E-state index < -0.39 is 4.92 Å². The second-order valence-corrected chi connectivity index (χ2v) is 9.58. The van der Waals surface area contributed by atoms with Crippen LogP contribution in [0.3, 0.4) is 0 Å². The number of rotatable bonds is 6. The summed E-state index contributed by atoms with van der Waals surface area (Å²) in [5, 5.41) is 14.8. The van der Waals surface area contributed by atoms with Crippen LogP contribution in [0.2, 0.25) is 5.02 Å². The molecule has 1 aliphatic carbocycles. The van der Waals surface area contributed by atoms with Gasteiger partial charge in [-0.25, -0.2) is 4.99 Å². The average molecular weight is 506 g/mol. The number of thiophene rings is 1. The summed E-state index contributed by atoms with van der Waals surface area (Å²) in [5.74, 6) is 0.787. The van der Waals surface area contributed by atoms with Gasteiger partial charge in [-0.2, -0.15) is 0 Å². The Balaban J connectivity index is 1.43. The smallest absolute Gasteiger partial charge is 0.270 e. The molecule has 0 saturated carbocycles. The number of non-ortho nitro benzene ring substituents is 1. The summed E-state index contributed by atoms with van der Waals surface area (Å²) in [6, 6.07) is 17.1. The molecule has 2 heterocycles. The number of nitrogens with one attached hydrogen (secondary N) is 1. The summed E-state index contributed by atoms with van der Waals surface area (Å²) < 4.78 is 5.87. The molecule has 0 atom stereocenters. The SMILES string of the molecule is O=C(Nc1ccccc1)c1c(N=Cc2ccc(-c3ccc([N+](=O)[O-])cc3Cl)o2)sc2c1CCCC2. The number of nitro benzene ring substituents is 1. The molecule has 0 unspecified atom stereocenters. The predicted molar refractivity (Wildman–Crippen MR) is 138 cm³/mol. The van der Waals surface area contributed by atoms with Crippen LogP contribution in [0.1, 0.15) is 39.4 Å². The Kier molecular flexibility index (Phi) is 6.48. The summed E-state index contributed by atoms with van der Waals surface area (Å²) in [6.07, 6.45) is 5.55. The number of furan rings is 1. The third-order valence-corrected chi connectivity index (χ3v) is 7.29. The zero-order valence-corrected chi connectivity index (χ0v) is 20.1. The van der Waals surface area contributed by atoms with Gasteiger partial charge in [-0.1, -0.05) is 29.8 Å². The molecule has 4 aromatic rings. The van der Waals surface area contributed by atoms with E-state index in [0.717, 1.165) is 36.9 Å². The maximum absolute atomic E-state index is 13.2. The fourth-order valence-corrected chi connectivity index (χ4v) is 5.60. The first-order chi connectivity index (χ1) is 17.0. The summed E-state index contributed by atoms with van der Waals surface area (Å²) in [4.78, 5) is 29.5. The number of fused-ring (bicyclic) bond motifs is 1. The minimum absolute atomic E-state index is 0.0879. The Hall–Kier alpha value is -3.75. The number of amides is 1. The van der Waals surface area contributed by atoms with E-state index in [-0.39, 0.29) is 16.6 Å². The molecule has 1 N–H and O–H groups in total. The van der Waals surface area contributed by atoms with Crippen molar-refractivity contribution in [1.82, 2.24) is 0 Å². The number of nitrogens with zero attached hydrogens (tertiary/aromatic N) is 2. The number of halogens is 1. The van der Waals surface area contributed by atoms with Crippen LogP contribution >= 0.6 is 22.9 Å².